The summed E-state index contributed by atoms with van der Waals surface area (Å²) in [4.78, 5) is 29.4. The number of amides is 2. The number of anilines is 1. The van der Waals surface area contributed by atoms with E-state index in [0.717, 1.165) is 19.7 Å². The van der Waals surface area contributed by atoms with Gasteiger partial charge in [-0.3, -0.25) is 9.59 Å². The zero-order valence-corrected chi connectivity index (χ0v) is 25.2. The van der Waals surface area contributed by atoms with Crippen LogP contribution in [-0.2, 0) is 32.8 Å². The van der Waals surface area contributed by atoms with Gasteiger partial charge in [0.1, 0.15) is 18.3 Å². The molecule has 2 amide bonds. The number of methoxy groups -OCH3 is 1. The molecule has 0 heterocycles. The zero-order valence-electron chi connectivity index (χ0n) is 24.4. The van der Waals surface area contributed by atoms with Crippen molar-refractivity contribution >= 4 is 27.7 Å². The van der Waals surface area contributed by atoms with E-state index in [4.69, 9.17) is 4.74 Å². The second-order valence-electron chi connectivity index (χ2n) is 10.4. The lowest BCUT2D eigenvalue weighted by Crippen LogP contribution is -2.54. The zero-order chi connectivity index (χ0) is 30.0. The smallest absolute Gasteiger partial charge is 0.304 e. The van der Waals surface area contributed by atoms with Crippen LogP contribution < -0.4 is 14.4 Å². The Balaban J connectivity index is 2.08. The molecule has 3 aromatic rings. The number of nitrogens with zero attached hydrogens (tertiary/aromatic N) is 3. The van der Waals surface area contributed by atoms with Gasteiger partial charge in [-0.25, -0.2) is 4.31 Å². The van der Waals surface area contributed by atoms with Crippen LogP contribution in [-0.4, -0.2) is 69.8 Å². The van der Waals surface area contributed by atoms with Crippen LogP contribution in [0.15, 0.2) is 84.9 Å². The van der Waals surface area contributed by atoms with E-state index in [9.17, 15) is 18.0 Å². The maximum atomic E-state index is 14.2. The molecule has 0 aliphatic rings. The van der Waals surface area contributed by atoms with Crippen molar-refractivity contribution in [2.45, 2.75) is 32.9 Å². The fraction of sp³-hybridized carbons (Fsp3) is 0.355. The number of nitrogens with one attached hydrogen (secondary N) is 1. The number of hydrogen-bond donors (Lipinski definition) is 1. The monoisotopic (exact) mass is 580 g/mol. The third kappa shape index (κ3) is 8.80. The maximum Gasteiger partial charge on any atom is 0.304 e. The molecule has 0 spiro atoms. The van der Waals surface area contributed by atoms with Crippen molar-refractivity contribution in [3.8, 4) is 5.75 Å². The normalized spacial score (nSPS) is 12.2. The van der Waals surface area contributed by atoms with Gasteiger partial charge in [-0.05, 0) is 41.3 Å². The first kappa shape index (κ1) is 31.6. The highest BCUT2D eigenvalue weighted by Gasteiger charge is 2.34. The van der Waals surface area contributed by atoms with Crippen molar-refractivity contribution in [3.05, 3.63) is 96.1 Å². The largest absolute Gasteiger partial charge is 0.497 e. The van der Waals surface area contributed by atoms with Crippen LogP contribution in [0.1, 0.15) is 25.0 Å². The number of benzene rings is 3. The lowest BCUT2D eigenvalue weighted by Gasteiger charge is -2.34. The van der Waals surface area contributed by atoms with Gasteiger partial charge in [0.05, 0.1) is 12.8 Å². The molecule has 1 unspecified atom stereocenters. The summed E-state index contributed by atoms with van der Waals surface area (Å²) in [5.41, 5.74) is 1.97. The molecular weight excluding hydrogens is 540 g/mol. The molecule has 3 rings (SSSR count). The number of ether oxygens (including phenoxy) is 1. The van der Waals surface area contributed by atoms with Crippen molar-refractivity contribution in [2.75, 3.05) is 38.6 Å². The van der Waals surface area contributed by atoms with Gasteiger partial charge in [0.2, 0.25) is 11.8 Å². The Morgan fingerprint density at radius 3 is 2.07 bits per heavy atom. The third-order valence-corrected chi connectivity index (χ3v) is 8.33. The highest BCUT2D eigenvalue weighted by Crippen LogP contribution is 2.22. The highest BCUT2D eigenvalue weighted by molar-refractivity contribution is 7.90. The SMILES string of the molecule is COc1cccc(CN(C(=O)CN(c2ccccc2)S(=O)(=O)N(C)C)C(Cc2ccccc2)C(=O)NCC(C)C)c1. The molecule has 10 heteroatoms. The van der Waals surface area contributed by atoms with E-state index in [-0.39, 0.29) is 24.8 Å². The molecule has 0 bridgehead atoms. The van der Waals surface area contributed by atoms with Crippen LogP contribution in [0.4, 0.5) is 5.69 Å². The van der Waals surface area contributed by atoms with Crippen LogP contribution in [0.2, 0.25) is 0 Å². The fourth-order valence-electron chi connectivity index (χ4n) is 4.26. The van der Waals surface area contributed by atoms with Gasteiger partial charge in [0.25, 0.3) is 0 Å². The molecule has 0 saturated carbocycles. The van der Waals surface area contributed by atoms with E-state index in [0.29, 0.717) is 18.0 Å². The minimum absolute atomic E-state index is 0.0767. The molecule has 3 aromatic carbocycles. The van der Waals surface area contributed by atoms with Gasteiger partial charge in [-0.15, -0.1) is 0 Å². The minimum Gasteiger partial charge on any atom is -0.497 e. The molecule has 0 aromatic heterocycles. The number of hydrogen-bond acceptors (Lipinski definition) is 5. The van der Waals surface area contributed by atoms with Crippen molar-refractivity contribution in [3.63, 3.8) is 0 Å². The predicted octanol–water partition coefficient (Wildman–Crippen LogP) is 3.72. The molecule has 220 valence electrons. The second kappa shape index (κ2) is 14.7. The molecule has 0 fully saturated rings. The molecule has 9 nitrogen and oxygen atoms in total. The van der Waals surface area contributed by atoms with Crippen molar-refractivity contribution in [1.29, 1.82) is 0 Å². The van der Waals surface area contributed by atoms with E-state index in [1.165, 1.54) is 19.0 Å². The first-order valence-corrected chi connectivity index (χ1v) is 14.9. The average molecular weight is 581 g/mol. The Morgan fingerprint density at radius 1 is 0.878 bits per heavy atom. The molecule has 0 aliphatic heterocycles. The minimum atomic E-state index is -4.03. The predicted molar refractivity (Wildman–Crippen MR) is 162 cm³/mol. The van der Waals surface area contributed by atoms with Crippen LogP contribution in [0.5, 0.6) is 5.75 Å². The van der Waals surface area contributed by atoms with Crippen LogP contribution in [0.25, 0.3) is 0 Å². The number of rotatable bonds is 14. The molecule has 0 aliphatic carbocycles. The Morgan fingerprint density at radius 2 is 1.49 bits per heavy atom. The first-order chi connectivity index (χ1) is 19.5. The molecular formula is C31H40N4O5S. The summed E-state index contributed by atoms with van der Waals surface area (Å²) >= 11 is 0. The lowest BCUT2D eigenvalue weighted by molar-refractivity contribution is -0.140. The van der Waals surface area contributed by atoms with Gasteiger partial charge in [0, 0.05) is 33.6 Å². The van der Waals surface area contributed by atoms with E-state index in [1.807, 2.05) is 56.3 Å². The molecule has 41 heavy (non-hydrogen) atoms. The van der Waals surface area contributed by atoms with E-state index < -0.39 is 28.7 Å². The molecule has 0 saturated heterocycles. The van der Waals surface area contributed by atoms with Gasteiger partial charge in [-0.1, -0.05) is 74.5 Å². The quantitative estimate of drug-likeness (QED) is 0.313. The van der Waals surface area contributed by atoms with E-state index in [1.54, 1.807) is 49.6 Å². The Hall–Kier alpha value is -3.89. The fourth-order valence-corrected chi connectivity index (χ4v) is 5.31. The summed E-state index contributed by atoms with van der Waals surface area (Å²) in [5.74, 6) is 0.000728. The summed E-state index contributed by atoms with van der Waals surface area (Å²) in [5, 5.41) is 2.98. The van der Waals surface area contributed by atoms with Crippen LogP contribution in [0, 0.1) is 5.92 Å². The first-order valence-electron chi connectivity index (χ1n) is 13.5. The van der Waals surface area contributed by atoms with E-state index >= 15 is 0 Å². The Bertz CT molecular complexity index is 1380. The van der Waals surface area contributed by atoms with Gasteiger partial charge >= 0.3 is 10.2 Å². The van der Waals surface area contributed by atoms with Crippen LogP contribution >= 0.6 is 0 Å². The lowest BCUT2D eigenvalue weighted by atomic mass is 10.0. The summed E-state index contributed by atoms with van der Waals surface area (Å²) < 4.78 is 34.3. The third-order valence-electron chi connectivity index (χ3n) is 6.51. The number of carbonyl (C=O) groups is 2. The highest BCUT2D eigenvalue weighted by atomic mass is 32.2. The average Bonchev–Trinajstić information content (AvgIpc) is 2.97. The molecule has 1 N–H and O–H groups in total. The van der Waals surface area contributed by atoms with Gasteiger partial charge < -0.3 is 15.0 Å². The van der Waals surface area contributed by atoms with Crippen LogP contribution in [0.3, 0.4) is 0 Å². The summed E-state index contributed by atoms with van der Waals surface area (Å²) in [6.45, 7) is 4.02. The maximum absolute atomic E-state index is 14.2. The topological polar surface area (TPSA) is 99.3 Å². The number of carbonyl (C=O) groups excluding carboxylic acids is 2. The van der Waals surface area contributed by atoms with Crippen molar-refractivity contribution in [2.24, 2.45) is 5.92 Å². The Labute approximate surface area is 243 Å². The second-order valence-corrected chi connectivity index (χ2v) is 12.4. The van der Waals surface area contributed by atoms with E-state index in [2.05, 4.69) is 5.32 Å². The number of para-hydroxylation sites is 1. The summed E-state index contributed by atoms with van der Waals surface area (Å²) in [6.07, 6.45) is 0.256. The molecule has 1 atom stereocenters. The van der Waals surface area contributed by atoms with Crippen molar-refractivity contribution < 1.29 is 22.7 Å². The Kier molecular flexibility index (Phi) is 11.3. The van der Waals surface area contributed by atoms with Gasteiger partial charge in [-0.2, -0.15) is 12.7 Å². The summed E-state index contributed by atoms with van der Waals surface area (Å²) in [6, 6.07) is 24.3. The summed E-state index contributed by atoms with van der Waals surface area (Å²) in [7, 11) is 0.363. The molecule has 0 radical (unpaired) electrons. The van der Waals surface area contributed by atoms with Crippen molar-refractivity contribution in [1.82, 2.24) is 14.5 Å². The standard InChI is InChI=1S/C31H40N4O5S/c1-24(2)21-32-31(37)29(20-25-13-8-6-9-14-25)34(22-26-15-12-18-28(19-26)40-5)30(36)23-35(41(38,39)33(3)4)27-16-10-7-11-17-27/h6-19,24,29H,20-23H2,1-5H3,(H,32,37). The van der Waals surface area contributed by atoms with Gasteiger partial charge in [0.15, 0.2) is 0 Å².